The average Bonchev–Trinajstić information content (AvgIpc) is 3.69. The van der Waals surface area contributed by atoms with E-state index in [0.29, 0.717) is 55.9 Å². The molecule has 7 rings (SSSR count). The summed E-state index contributed by atoms with van der Waals surface area (Å²) in [5.74, 6) is 0.181. The molecule has 0 bridgehead atoms. The van der Waals surface area contributed by atoms with Crippen LogP contribution in [0.1, 0.15) is 67.4 Å². The summed E-state index contributed by atoms with van der Waals surface area (Å²) in [7, 11) is -4.36. The van der Waals surface area contributed by atoms with Gasteiger partial charge in [0.2, 0.25) is 0 Å². The molecule has 1 aliphatic carbocycles. The van der Waals surface area contributed by atoms with E-state index in [1.807, 2.05) is 36.5 Å². The monoisotopic (exact) mass is 820 g/mol. The van der Waals surface area contributed by atoms with Gasteiger partial charge in [-0.05, 0) is 121 Å². The van der Waals surface area contributed by atoms with Crippen molar-refractivity contribution in [2.24, 2.45) is 11.3 Å². The Morgan fingerprint density at radius 3 is 2.59 bits per heavy atom. The van der Waals surface area contributed by atoms with Crippen LogP contribution in [0.5, 0.6) is 11.5 Å². The molecule has 1 fully saturated rings. The molecular formula is C45H49ClN6O5S. The number of rotatable bonds is 15. The number of allylic oxidation sites excluding steroid dienone is 1. The third-order valence-electron chi connectivity index (χ3n) is 10.9. The minimum Gasteiger partial charge on any atom is -0.456 e. The molecule has 11 nitrogen and oxygen atoms in total. The Balaban J connectivity index is 1.04. The highest BCUT2D eigenvalue weighted by Crippen LogP contribution is 2.43. The van der Waals surface area contributed by atoms with Gasteiger partial charge in [-0.3, -0.25) is 4.79 Å². The minimum absolute atomic E-state index is 0.0264. The first-order valence-corrected chi connectivity index (χ1v) is 21.6. The molecule has 4 aromatic carbocycles. The summed E-state index contributed by atoms with van der Waals surface area (Å²) >= 11 is 6.19. The van der Waals surface area contributed by atoms with Crippen LogP contribution in [0.2, 0.25) is 5.02 Å². The second-order valence-electron chi connectivity index (χ2n) is 15.8. The van der Waals surface area contributed by atoms with Crippen LogP contribution in [0.4, 0.5) is 11.4 Å². The third kappa shape index (κ3) is 10.2. The number of ether oxygens (including phenoxy) is 2. The van der Waals surface area contributed by atoms with Crippen LogP contribution in [-0.4, -0.2) is 58.7 Å². The maximum Gasteiger partial charge on any atom is 0.268 e. The number of hydrogen-bond acceptors (Lipinski definition) is 9. The number of fused-ring (bicyclic) bond motifs is 1. The van der Waals surface area contributed by atoms with Gasteiger partial charge in [-0.1, -0.05) is 43.2 Å². The number of sulfonamides is 1. The lowest BCUT2D eigenvalue weighted by molar-refractivity contribution is 0.0699. The van der Waals surface area contributed by atoms with Crippen molar-refractivity contribution in [3.05, 3.63) is 118 Å². The lowest BCUT2D eigenvalue weighted by atomic mass is 9.72. The molecule has 302 valence electrons. The van der Waals surface area contributed by atoms with Crippen LogP contribution in [-0.2, 0) is 14.8 Å². The Morgan fingerprint density at radius 1 is 0.983 bits per heavy atom. The molecule has 1 aliphatic heterocycles. The minimum atomic E-state index is -4.36. The zero-order valence-corrected chi connectivity index (χ0v) is 34.4. The second kappa shape index (κ2) is 18.1. The predicted octanol–water partition coefficient (Wildman–Crippen LogP) is 9.11. The molecular weight excluding hydrogens is 772 g/mol. The Labute approximate surface area is 345 Å². The Morgan fingerprint density at radius 2 is 1.79 bits per heavy atom. The molecule has 1 saturated heterocycles. The van der Waals surface area contributed by atoms with Crippen molar-refractivity contribution >= 4 is 55.4 Å². The number of nitriles is 1. The van der Waals surface area contributed by atoms with Crippen LogP contribution >= 0.6 is 11.6 Å². The number of aromatic amines is 1. The molecule has 13 heteroatoms. The summed E-state index contributed by atoms with van der Waals surface area (Å²) in [5, 5.41) is 21.8. The molecule has 0 atom stereocenters. The van der Waals surface area contributed by atoms with E-state index in [4.69, 9.17) is 21.1 Å². The highest BCUT2D eigenvalue weighted by Gasteiger charge is 2.28. The molecule has 58 heavy (non-hydrogen) atoms. The maximum absolute atomic E-state index is 13.8. The number of halogens is 1. The first-order valence-electron chi connectivity index (χ1n) is 19.7. The van der Waals surface area contributed by atoms with Crippen molar-refractivity contribution in [2.75, 3.05) is 50.0 Å². The molecule has 2 aliphatic rings. The first kappa shape index (κ1) is 40.9. The van der Waals surface area contributed by atoms with Crippen LogP contribution in [0.15, 0.2) is 102 Å². The van der Waals surface area contributed by atoms with Crippen LogP contribution in [0.3, 0.4) is 0 Å². The largest absolute Gasteiger partial charge is 0.456 e. The van der Waals surface area contributed by atoms with Crippen molar-refractivity contribution in [2.45, 2.75) is 50.8 Å². The highest BCUT2D eigenvalue weighted by atomic mass is 35.5. The molecule has 0 unspecified atom stereocenters. The van der Waals surface area contributed by atoms with Gasteiger partial charge in [-0.2, -0.15) is 5.26 Å². The van der Waals surface area contributed by atoms with Crippen LogP contribution < -0.4 is 25.4 Å². The molecule has 0 saturated carbocycles. The fourth-order valence-electron chi connectivity index (χ4n) is 7.52. The summed E-state index contributed by atoms with van der Waals surface area (Å²) in [6.07, 6.45) is 6.82. The van der Waals surface area contributed by atoms with Gasteiger partial charge in [-0.15, -0.1) is 0 Å². The summed E-state index contributed by atoms with van der Waals surface area (Å²) in [6, 6.07) is 26.8. The van der Waals surface area contributed by atoms with E-state index in [0.717, 1.165) is 54.6 Å². The molecule has 0 radical (unpaired) electrons. The van der Waals surface area contributed by atoms with E-state index in [2.05, 4.69) is 57.7 Å². The van der Waals surface area contributed by atoms with E-state index in [9.17, 15) is 18.5 Å². The number of aromatic nitrogens is 1. The van der Waals surface area contributed by atoms with Crippen LogP contribution in [0, 0.1) is 22.7 Å². The smallest absolute Gasteiger partial charge is 0.268 e. The summed E-state index contributed by atoms with van der Waals surface area (Å²) in [6.45, 7) is 8.71. The molecule has 2 heterocycles. The molecule has 1 aromatic heterocycles. The van der Waals surface area contributed by atoms with E-state index < -0.39 is 15.9 Å². The molecule has 5 aromatic rings. The normalized spacial score (nSPS) is 15.8. The van der Waals surface area contributed by atoms with Gasteiger partial charge in [0, 0.05) is 73.3 Å². The lowest BCUT2D eigenvalue weighted by Crippen LogP contribution is -2.31. The van der Waals surface area contributed by atoms with Gasteiger partial charge >= 0.3 is 0 Å². The van der Waals surface area contributed by atoms with Crippen LogP contribution in [0.25, 0.3) is 16.5 Å². The average molecular weight is 821 g/mol. The number of H-pyrrole nitrogens is 1. The fraction of sp³-hybridized carbons (Fsp3) is 0.333. The SMILES string of the molecule is CC1(C)CCC(CNCCNc2ccc(C(=O)NS(=O)(=O)c3ccc(NCC4CCOCC4)c(C#N)c3)c(Oc3ccc4[nH]ccc4c3)c2)=C(c2ccc(Cl)cc2)C1. The van der Waals surface area contributed by atoms with Crippen molar-refractivity contribution in [3.8, 4) is 17.6 Å². The van der Waals surface area contributed by atoms with E-state index in [-0.39, 0.29) is 27.2 Å². The second-order valence-corrected chi connectivity index (χ2v) is 17.9. The number of nitrogens with zero attached hydrogens (tertiary/aromatic N) is 1. The maximum atomic E-state index is 13.8. The number of benzene rings is 4. The van der Waals surface area contributed by atoms with E-state index in [1.165, 1.54) is 28.8 Å². The van der Waals surface area contributed by atoms with Crippen molar-refractivity contribution in [1.82, 2.24) is 15.0 Å². The fourth-order valence-corrected chi connectivity index (χ4v) is 8.64. The van der Waals surface area contributed by atoms with E-state index in [1.54, 1.807) is 30.3 Å². The zero-order valence-electron chi connectivity index (χ0n) is 32.8. The number of anilines is 2. The van der Waals surface area contributed by atoms with Crippen molar-refractivity contribution in [1.29, 1.82) is 5.26 Å². The number of carbonyl (C=O) groups is 1. The molecule has 0 spiro atoms. The Bertz CT molecular complexity index is 2450. The summed E-state index contributed by atoms with van der Waals surface area (Å²) < 4.78 is 41.0. The standard InChI is InChI=1S/C45H49ClN6O5S/c1-45(2)17-13-33(40(26-45)31-3-5-35(46)6-4-31)29-48-19-20-49-36-7-10-39(43(25-36)57-37-8-11-41-32(23-37)14-18-50-41)44(53)52-58(54,55)38-9-12-42(34(24-38)27-47)51-28-30-15-21-56-22-16-30/h3-12,14,18,23-25,30,48-51H,13,15-17,19-22,26,28-29H2,1-2H3,(H,52,53). The predicted molar refractivity (Wildman–Crippen MR) is 230 cm³/mol. The highest BCUT2D eigenvalue weighted by molar-refractivity contribution is 7.90. The Hall–Kier alpha value is -5.32. The van der Waals surface area contributed by atoms with Crippen molar-refractivity contribution in [3.63, 3.8) is 0 Å². The van der Waals surface area contributed by atoms with Gasteiger partial charge in [0.15, 0.2) is 0 Å². The van der Waals surface area contributed by atoms with Gasteiger partial charge in [0.1, 0.15) is 17.6 Å². The number of hydrogen-bond donors (Lipinski definition) is 5. The van der Waals surface area contributed by atoms with E-state index >= 15 is 0 Å². The van der Waals surface area contributed by atoms with Gasteiger partial charge in [-0.25, -0.2) is 13.1 Å². The lowest BCUT2D eigenvalue weighted by Gasteiger charge is -2.34. The zero-order chi connectivity index (χ0) is 40.7. The Kier molecular flexibility index (Phi) is 12.7. The van der Waals surface area contributed by atoms with Gasteiger partial charge in [0.05, 0.1) is 21.7 Å². The quantitative estimate of drug-likeness (QED) is 0.0650. The summed E-state index contributed by atoms with van der Waals surface area (Å²) in [4.78, 5) is 16.7. The first-order chi connectivity index (χ1) is 28.0. The molecule has 1 amide bonds. The van der Waals surface area contributed by atoms with Gasteiger partial charge in [0.25, 0.3) is 15.9 Å². The molecule has 5 N–H and O–H groups in total. The number of carbonyl (C=O) groups excluding carboxylic acids is 1. The van der Waals surface area contributed by atoms with Crippen molar-refractivity contribution < 1.29 is 22.7 Å². The third-order valence-corrected chi connectivity index (χ3v) is 12.5. The number of nitrogens with one attached hydrogen (secondary N) is 5. The topological polar surface area (TPSA) is 157 Å². The summed E-state index contributed by atoms with van der Waals surface area (Å²) in [5.41, 5.74) is 6.58. The number of amides is 1. The van der Waals surface area contributed by atoms with Gasteiger partial charge < -0.3 is 30.4 Å².